The summed E-state index contributed by atoms with van der Waals surface area (Å²) >= 11 is 3.36. The van der Waals surface area contributed by atoms with Crippen LogP contribution in [0.1, 0.15) is 5.56 Å². The largest absolute Gasteiger partial charge is 0.314 e. The summed E-state index contributed by atoms with van der Waals surface area (Å²) in [5.74, 6) is 0. The first kappa shape index (κ1) is 13.0. The Morgan fingerprint density at radius 1 is 1.29 bits per heavy atom. The van der Waals surface area contributed by atoms with Crippen molar-refractivity contribution in [2.75, 3.05) is 26.2 Å². The first-order valence-corrected chi connectivity index (χ1v) is 7.73. The molecule has 0 bridgehead atoms. The number of aryl methyl sites for hydroxylation is 1. The minimum atomic E-state index is -3.37. The second-order valence-corrected chi connectivity index (χ2v) is 6.74. The second-order valence-electron chi connectivity index (χ2n) is 4.04. The summed E-state index contributed by atoms with van der Waals surface area (Å²) in [6, 6.07) is 5.31. The van der Waals surface area contributed by atoms with Crippen molar-refractivity contribution in [3.05, 3.63) is 28.2 Å². The van der Waals surface area contributed by atoms with E-state index in [1.807, 2.05) is 13.0 Å². The summed E-state index contributed by atoms with van der Waals surface area (Å²) in [5.41, 5.74) is 0.932. The van der Waals surface area contributed by atoms with Crippen LogP contribution in [0.15, 0.2) is 27.6 Å². The summed E-state index contributed by atoms with van der Waals surface area (Å²) in [7, 11) is -3.37. The molecule has 0 unspecified atom stereocenters. The van der Waals surface area contributed by atoms with Crippen molar-refractivity contribution in [1.82, 2.24) is 9.62 Å². The van der Waals surface area contributed by atoms with Crippen molar-refractivity contribution in [3.63, 3.8) is 0 Å². The molecule has 1 aliphatic heterocycles. The summed E-state index contributed by atoms with van der Waals surface area (Å²) in [6.07, 6.45) is 0. The number of halogens is 1. The van der Waals surface area contributed by atoms with Crippen LogP contribution in [0.4, 0.5) is 0 Å². The Labute approximate surface area is 110 Å². The minimum absolute atomic E-state index is 0.361. The van der Waals surface area contributed by atoms with Crippen molar-refractivity contribution in [2.45, 2.75) is 11.8 Å². The molecule has 1 aromatic rings. The molecule has 4 nitrogen and oxygen atoms in total. The van der Waals surface area contributed by atoms with E-state index in [-0.39, 0.29) is 0 Å². The molecular weight excluding hydrogens is 304 g/mol. The number of rotatable bonds is 2. The summed E-state index contributed by atoms with van der Waals surface area (Å²) in [4.78, 5) is 0.361. The van der Waals surface area contributed by atoms with Gasteiger partial charge in [0.25, 0.3) is 0 Å². The molecule has 94 valence electrons. The number of piperazine rings is 1. The maximum absolute atomic E-state index is 12.4. The lowest BCUT2D eigenvalue weighted by Gasteiger charge is -2.27. The molecule has 0 aliphatic carbocycles. The molecule has 0 spiro atoms. The van der Waals surface area contributed by atoms with Gasteiger partial charge in [-0.25, -0.2) is 8.42 Å². The van der Waals surface area contributed by atoms with Crippen LogP contribution in [-0.2, 0) is 10.0 Å². The van der Waals surface area contributed by atoms with E-state index < -0.39 is 10.0 Å². The molecular formula is C11H15BrN2O2S. The van der Waals surface area contributed by atoms with Crippen LogP contribution in [0.3, 0.4) is 0 Å². The van der Waals surface area contributed by atoms with Gasteiger partial charge in [-0.2, -0.15) is 4.31 Å². The third-order valence-electron chi connectivity index (χ3n) is 2.85. The van der Waals surface area contributed by atoms with Crippen molar-refractivity contribution < 1.29 is 8.42 Å². The monoisotopic (exact) mass is 318 g/mol. The lowest BCUT2D eigenvalue weighted by Crippen LogP contribution is -2.46. The Morgan fingerprint density at radius 3 is 2.59 bits per heavy atom. The fourth-order valence-electron chi connectivity index (χ4n) is 1.84. The van der Waals surface area contributed by atoms with Crippen molar-refractivity contribution in [2.24, 2.45) is 0 Å². The highest BCUT2D eigenvalue weighted by atomic mass is 79.9. The molecule has 0 saturated carbocycles. The average Bonchev–Trinajstić information content (AvgIpc) is 2.33. The quantitative estimate of drug-likeness (QED) is 0.895. The zero-order valence-corrected chi connectivity index (χ0v) is 12.0. The fraction of sp³-hybridized carbons (Fsp3) is 0.455. The van der Waals surface area contributed by atoms with Gasteiger partial charge in [0.2, 0.25) is 10.0 Å². The van der Waals surface area contributed by atoms with Crippen molar-refractivity contribution in [3.8, 4) is 0 Å². The number of nitrogens with zero attached hydrogens (tertiary/aromatic N) is 1. The van der Waals surface area contributed by atoms with E-state index in [0.29, 0.717) is 35.5 Å². The highest BCUT2D eigenvalue weighted by Crippen LogP contribution is 2.27. The summed E-state index contributed by atoms with van der Waals surface area (Å²) < 4.78 is 27.1. The molecule has 0 aromatic heterocycles. The predicted molar refractivity (Wildman–Crippen MR) is 70.5 cm³/mol. The van der Waals surface area contributed by atoms with E-state index in [0.717, 1.165) is 5.56 Å². The third kappa shape index (κ3) is 2.54. The lowest BCUT2D eigenvalue weighted by atomic mass is 10.2. The molecule has 1 saturated heterocycles. The molecule has 1 fully saturated rings. The molecule has 0 atom stereocenters. The van der Waals surface area contributed by atoms with E-state index in [9.17, 15) is 8.42 Å². The standard InChI is InChI=1S/C11H15BrN2O2S/c1-9-3-2-4-10(11(9)12)17(15,16)14-7-5-13-6-8-14/h2-4,13H,5-8H2,1H3. The van der Waals surface area contributed by atoms with Crippen LogP contribution >= 0.6 is 15.9 Å². The van der Waals surface area contributed by atoms with Gasteiger partial charge in [-0.1, -0.05) is 12.1 Å². The van der Waals surface area contributed by atoms with Gasteiger partial charge >= 0.3 is 0 Å². The number of nitrogens with one attached hydrogen (secondary N) is 1. The second kappa shape index (κ2) is 5.06. The van der Waals surface area contributed by atoms with E-state index in [1.165, 1.54) is 4.31 Å². The molecule has 2 rings (SSSR count). The van der Waals surface area contributed by atoms with E-state index in [1.54, 1.807) is 12.1 Å². The summed E-state index contributed by atoms with van der Waals surface area (Å²) in [6.45, 7) is 4.37. The average molecular weight is 319 g/mol. The zero-order valence-electron chi connectivity index (χ0n) is 9.61. The number of sulfonamides is 1. The van der Waals surface area contributed by atoms with Gasteiger partial charge in [0.05, 0.1) is 4.90 Å². The Kier molecular flexibility index (Phi) is 3.87. The number of hydrogen-bond donors (Lipinski definition) is 1. The Morgan fingerprint density at radius 2 is 1.94 bits per heavy atom. The maximum Gasteiger partial charge on any atom is 0.244 e. The highest BCUT2D eigenvalue weighted by molar-refractivity contribution is 9.10. The fourth-order valence-corrected chi connectivity index (χ4v) is 4.30. The van der Waals surface area contributed by atoms with Crippen LogP contribution in [0.5, 0.6) is 0 Å². The van der Waals surface area contributed by atoms with Gasteiger partial charge in [-0.15, -0.1) is 0 Å². The van der Waals surface area contributed by atoms with Crippen LogP contribution in [0.2, 0.25) is 0 Å². The number of benzene rings is 1. The SMILES string of the molecule is Cc1cccc(S(=O)(=O)N2CCNCC2)c1Br. The zero-order chi connectivity index (χ0) is 12.5. The molecule has 1 heterocycles. The number of hydrogen-bond acceptors (Lipinski definition) is 3. The van der Waals surface area contributed by atoms with E-state index in [2.05, 4.69) is 21.2 Å². The van der Waals surface area contributed by atoms with Gasteiger partial charge < -0.3 is 5.32 Å². The van der Waals surface area contributed by atoms with Gasteiger partial charge in [-0.3, -0.25) is 0 Å². The van der Waals surface area contributed by atoms with Gasteiger partial charge in [0.1, 0.15) is 0 Å². The highest BCUT2D eigenvalue weighted by Gasteiger charge is 2.27. The van der Waals surface area contributed by atoms with Crippen LogP contribution in [-0.4, -0.2) is 38.9 Å². The molecule has 17 heavy (non-hydrogen) atoms. The van der Waals surface area contributed by atoms with Crippen LogP contribution in [0, 0.1) is 6.92 Å². The van der Waals surface area contributed by atoms with Gasteiger partial charge in [0, 0.05) is 30.7 Å². The van der Waals surface area contributed by atoms with Crippen LogP contribution < -0.4 is 5.32 Å². The third-order valence-corrected chi connectivity index (χ3v) is 6.11. The topological polar surface area (TPSA) is 49.4 Å². The smallest absolute Gasteiger partial charge is 0.244 e. The minimum Gasteiger partial charge on any atom is -0.314 e. The van der Waals surface area contributed by atoms with Crippen molar-refractivity contribution in [1.29, 1.82) is 0 Å². The molecule has 1 aliphatic rings. The Bertz CT molecular complexity index is 510. The van der Waals surface area contributed by atoms with Gasteiger partial charge in [-0.05, 0) is 34.5 Å². The molecule has 0 radical (unpaired) electrons. The van der Waals surface area contributed by atoms with Gasteiger partial charge in [0.15, 0.2) is 0 Å². The van der Waals surface area contributed by atoms with Crippen molar-refractivity contribution >= 4 is 26.0 Å². The molecule has 6 heteroatoms. The molecule has 0 amide bonds. The Hall–Kier alpha value is -0.430. The first-order valence-electron chi connectivity index (χ1n) is 5.49. The molecule has 1 aromatic carbocycles. The lowest BCUT2D eigenvalue weighted by molar-refractivity contribution is 0.360. The first-order chi connectivity index (χ1) is 8.03. The predicted octanol–water partition coefficient (Wildman–Crippen LogP) is 1.35. The van der Waals surface area contributed by atoms with Crippen LogP contribution in [0.25, 0.3) is 0 Å². The normalized spacial score (nSPS) is 18.2. The maximum atomic E-state index is 12.4. The van der Waals surface area contributed by atoms with E-state index >= 15 is 0 Å². The Balaban J connectivity index is 2.40. The van der Waals surface area contributed by atoms with E-state index in [4.69, 9.17) is 0 Å². The summed E-state index contributed by atoms with van der Waals surface area (Å²) in [5, 5.41) is 3.15. The molecule has 1 N–H and O–H groups in total.